The van der Waals surface area contributed by atoms with Gasteiger partial charge in [0, 0.05) is 5.56 Å². The summed E-state index contributed by atoms with van der Waals surface area (Å²) in [5.74, 6) is 0.0370. The van der Waals surface area contributed by atoms with Gasteiger partial charge in [0.2, 0.25) is 0 Å². The van der Waals surface area contributed by atoms with E-state index in [4.69, 9.17) is 16.3 Å². The molecule has 0 aliphatic carbocycles. The molecule has 0 saturated carbocycles. The zero-order chi connectivity index (χ0) is 17.5. The fraction of sp³-hybridized carbons (Fsp3) is 0.158. The minimum atomic E-state index is -0.462. The number of carbonyl (C=O) groups excluding carboxylic acids is 1. The first-order chi connectivity index (χ1) is 11.6. The summed E-state index contributed by atoms with van der Waals surface area (Å²) < 4.78 is 5.23. The molecule has 0 radical (unpaired) electrons. The number of nitrogens with one attached hydrogen (secondary N) is 1. The van der Waals surface area contributed by atoms with E-state index in [0.717, 1.165) is 5.56 Å². The molecule has 0 spiro atoms. The van der Waals surface area contributed by atoms with Crippen LogP contribution >= 0.6 is 11.6 Å². The maximum Gasteiger partial charge on any atom is 0.262 e. The molecule has 24 heavy (non-hydrogen) atoms. The summed E-state index contributed by atoms with van der Waals surface area (Å²) >= 11 is 6.15. The number of methoxy groups -OCH3 is 1. The zero-order valence-corrected chi connectivity index (χ0v) is 14.2. The Morgan fingerprint density at radius 3 is 2.58 bits per heavy atom. The van der Waals surface area contributed by atoms with Crippen LogP contribution in [0.15, 0.2) is 54.1 Å². The number of nitriles is 1. The van der Waals surface area contributed by atoms with Gasteiger partial charge < -0.3 is 10.1 Å². The maximum absolute atomic E-state index is 12.4. The Balaban J connectivity index is 2.26. The highest BCUT2D eigenvalue weighted by atomic mass is 35.5. The van der Waals surface area contributed by atoms with Crippen LogP contribution in [0.1, 0.15) is 24.1 Å². The third-order valence-electron chi connectivity index (χ3n) is 3.53. The number of amides is 1. The number of nitrogens with zero attached hydrogens (tertiary/aromatic N) is 1. The predicted octanol–water partition coefficient (Wildman–Crippen LogP) is 4.13. The molecule has 0 aliphatic rings. The summed E-state index contributed by atoms with van der Waals surface area (Å²) in [6, 6.07) is 16.4. The lowest BCUT2D eigenvalue weighted by molar-refractivity contribution is -0.117. The SMILES string of the molecule is COc1cccc(Cl)c1/C=C(\C#N)C(=O)NC(C)c1ccccc1. The molecule has 1 N–H and O–H groups in total. The Labute approximate surface area is 146 Å². The minimum absolute atomic E-state index is 0.0378. The molecule has 0 aliphatic heterocycles. The van der Waals surface area contributed by atoms with Crippen molar-refractivity contribution in [2.45, 2.75) is 13.0 Å². The summed E-state index contributed by atoms with van der Waals surface area (Å²) in [4.78, 5) is 12.4. The molecule has 2 rings (SSSR count). The summed E-state index contributed by atoms with van der Waals surface area (Å²) in [7, 11) is 1.51. The standard InChI is InChI=1S/C19H17ClN2O2/c1-13(14-7-4-3-5-8-14)22-19(23)15(12-21)11-16-17(20)9-6-10-18(16)24-2/h3-11,13H,1-2H3,(H,22,23)/b15-11+. The molecule has 1 amide bonds. The third kappa shape index (κ3) is 4.15. The van der Waals surface area contributed by atoms with Gasteiger partial charge in [-0.1, -0.05) is 48.0 Å². The van der Waals surface area contributed by atoms with E-state index >= 15 is 0 Å². The summed E-state index contributed by atoms with van der Waals surface area (Å²) in [5.41, 5.74) is 1.42. The van der Waals surface area contributed by atoms with E-state index in [1.54, 1.807) is 18.2 Å². The molecule has 0 heterocycles. The van der Waals surface area contributed by atoms with Crippen LogP contribution in [0.4, 0.5) is 0 Å². The van der Waals surface area contributed by atoms with Crippen molar-refractivity contribution in [3.63, 3.8) is 0 Å². The fourth-order valence-corrected chi connectivity index (χ4v) is 2.45. The van der Waals surface area contributed by atoms with E-state index in [1.807, 2.05) is 43.3 Å². The van der Waals surface area contributed by atoms with E-state index in [2.05, 4.69) is 5.32 Å². The lowest BCUT2D eigenvalue weighted by atomic mass is 10.1. The van der Waals surface area contributed by atoms with E-state index in [0.29, 0.717) is 16.3 Å². The zero-order valence-electron chi connectivity index (χ0n) is 13.4. The Kier molecular flexibility index (Phi) is 6.00. The summed E-state index contributed by atoms with van der Waals surface area (Å²) in [6.45, 7) is 1.86. The first-order valence-corrected chi connectivity index (χ1v) is 7.74. The Bertz CT molecular complexity index is 795. The largest absolute Gasteiger partial charge is 0.496 e. The van der Waals surface area contributed by atoms with Gasteiger partial charge in [0.1, 0.15) is 17.4 Å². The number of hydrogen-bond acceptors (Lipinski definition) is 3. The van der Waals surface area contributed by atoms with Crippen LogP contribution in [0.25, 0.3) is 6.08 Å². The van der Waals surface area contributed by atoms with Crippen LogP contribution in [0.3, 0.4) is 0 Å². The van der Waals surface area contributed by atoms with Gasteiger partial charge in [-0.15, -0.1) is 0 Å². The van der Waals surface area contributed by atoms with Crippen LogP contribution < -0.4 is 10.1 Å². The minimum Gasteiger partial charge on any atom is -0.496 e. The molecule has 1 atom stereocenters. The summed E-state index contributed by atoms with van der Waals surface area (Å²) in [5, 5.41) is 12.6. The lowest BCUT2D eigenvalue weighted by Gasteiger charge is -2.14. The lowest BCUT2D eigenvalue weighted by Crippen LogP contribution is -2.27. The first kappa shape index (κ1) is 17.6. The van der Waals surface area contributed by atoms with Crippen LogP contribution in [-0.2, 0) is 4.79 Å². The summed E-state index contributed by atoms with van der Waals surface area (Å²) in [6.07, 6.45) is 1.44. The number of ether oxygens (including phenoxy) is 1. The van der Waals surface area contributed by atoms with E-state index < -0.39 is 5.91 Å². The molecule has 2 aromatic rings. The van der Waals surface area contributed by atoms with Crippen molar-refractivity contribution in [2.75, 3.05) is 7.11 Å². The molecule has 0 aromatic heterocycles. The van der Waals surface area contributed by atoms with E-state index in [-0.39, 0.29) is 11.6 Å². The molecule has 2 aromatic carbocycles. The monoisotopic (exact) mass is 340 g/mol. The number of rotatable bonds is 5. The van der Waals surface area contributed by atoms with Crippen molar-refractivity contribution >= 4 is 23.6 Å². The molecule has 0 fully saturated rings. The Morgan fingerprint density at radius 2 is 1.96 bits per heavy atom. The smallest absolute Gasteiger partial charge is 0.262 e. The molecular weight excluding hydrogens is 324 g/mol. The van der Waals surface area contributed by atoms with Crippen molar-refractivity contribution in [3.8, 4) is 11.8 Å². The number of carbonyl (C=O) groups is 1. The van der Waals surface area contributed by atoms with Crippen molar-refractivity contribution in [2.24, 2.45) is 0 Å². The highest BCUT2D eigenvalue weighted by Gasteiger charge is 2.15. The second-order valence-electron chi connectivity index (χ2n) is 5.13. The van der Waals surface area contributed by atoms with Gasteiger partial charge in [-0.05, 0) is 30.7 Å². The highest BCUT2D eigenvalue weighted by molar-refractivity contribution is 6.32. The van der Waals surface area contributed by atoms with Crippen molar-refractivity contribution in [1.82, 2.24) is 5.32 Å². The quantitative estimate of drug-likeness (QED) is 0.657. The number of halogens is 1. The highest BCUT2D eigenvalue weighted by Crippen LogP contribution is 2.28. The number of benzene rings is 2. The van der Waals surface area contributed by atoms with Crippen molar-refractivity contribution in [1.29, 1.82) is 5.26 Å². The van der Waals surface area contributed by atoms with Gasteiger partial charge >= 0.3 is 0 Å². The van der Waals surface area contributed by atoms with Crippen molar-refractivity contribution < 1.29 is 9.53 Å². The normalized spacial score (nSPS) is 12.2. The molecule has 1 unspecified atom stereocenters. The predicted molar refractivity (Wildman–Crippen MR) is 94.6 cm³/mol. The first-order valence-electron chi connectivity index (χ1n) is 7.37. The van der Waals surface area contributed by atoms with Gasteiger partial charge in [-0.2, -0.15) is 5.26 Å². The molecule has 5 heteroatoms. The second-order valence-corrected chi connectivity index (χ2v) is 5.54. The van der Waals surface area contributed by atoms with Gasteiger partial charge in [-0.3, -0.25) is 4.79 Å². The average molecular weight is 341 g/mol. The van der Waals surface area contributed by atoms with Gasteiger partial charge in [0.05, 0.1) is 18.2 Å². The van der Waals surface area contributed by atoms with Gasteiger partial charge in [-0.25, -0.2) is 0 Å². The Hall–Kier alpha value is -2.77. The van der Waals surface area contributed by atoms with Crippen LogP contribution in [0.5, 0.6) is 5.75 Å². The van der Waals surface area contributed by atoms with Gasteiger partial charge in [0.15, 0.2) is 0 Å². The second kappa shape index (κ2) is 8.19. The average Bonchev–Trinajstić information content (AvgIpc) is 2.61. The molecule has 0 saturated heterocycles. The Morgan fingerprint density at radius 1 is 1.25 bits per heavy atom. The molecule has 4 nitrogen and oxygen atoms in total. The maximum atomic E-state index is 12.4. The van der Waals surface area contributed by atoms with Gasteiger partial charge in [0.25, 0.3) is 5.91 Å². The van der Waals surface area contributed by atoms with Crippen molar-refractivity contribution in [3.05, 3.63) is 70.3 Å². The fourth-order valence-electron chi connectivity index (χ4n) is 2.23. The van der Waals surface area contributed by atoms with E-state index in [9.17, 15) is 10.1 Å². The molecule has 122 valence electrons. The molecular formula is C19H17ClN2O2. The topological polar surface area (TPSA) is 62.1 Å². The third-order valence-corrected chi connectivity index (χ3v) is 3.86. The van der Waals surface area contributed by atoms with E-state index in [1.165, 1.54) is 13.2 Å². The van der Waals surface area contributed by atoms with Crippen LogP contribution in [-0.4, -0.2) is 13.0 Å². The number of hydrogen-bond donors (Lipinski definition) is 1. The van der Waals surface area contributed by atoms with Crippen LogP contribution in [0, 0.1) is 11.3 Å². The van der Waals surface area contributed by atoms with Crippen LogP contribution in [0.2, 0.25) is 5.02 Å². The molecule has 0 bridgehead atoms.